The smallest absolute Gasteiger partial charge is 0.253 e. The zero-order valence-corrected chi connectivity index (χ0v) is 18.0. The molecule has 0 bridgehead atoms. The Hall–Kier alpha value is -2.54. The first-order chi connectivity index (χ1) is 13.0. The maximum Gasteiger partial charge on any atom is 0.253 e. The fourth-order valence-corrected chi connectivity index (χ4v) is 3.71. The average Bonchev–Trinajstić information content (AvgIpc) is 2.59. The number of para-hydroxylation sites is 1. The summed E-state index contributed by atoms with van der Waals surface area (Å²) in [5.41, 5.74) is 3.60. The molecule has 28 heavy (non-hydrogen) atoms. The van der Waals surface area contributed by atoms with Crippen molar-refractivity contribution in [3.05, 3.63) is 58.7 Å². The Morgan fingerprint density at radius 3 is 2.29 bits per heavy atom. The molecule has 0 aliphatic carbocycles. The highest BCUT2D eigenvalue weighted by molar-refractivity contribution is 7.92. The number of nitrogens with one attached hydrogen (secondary N) is 2. The van der Waals surface area contributed by atoms with Crippen LogP contribution in [0.15, 0.2) is 36.4 Å². The van der Waals surface area contributed by atoms with Gasteiger partial charge >= 0.3 is 0 Å². The molecule has 0 aliphatic heterocycles. The van der Waals surface area contributed by atoms with E-state index in [-0.39, 0.29) is 29.1 Å². The maximum absolute atomic E-state index is 12.8. The third-order valence-corrected chi connectivity index (χ3v) is 5.11. The van der Waals surface area contributed by atoms with Crippen molar-refractivity contribution < 1.29 is 17.9 Å². The van der Waals surface area contributed by atoms with Crippen molar-refractivity contribution in [2.45, 2.75) is 39.7 Å². The number of carbonyl (C=O) groups is 1. The van der Waals surface area contributed by atoms with Gasteiger partial charge in [0.25, 0.3) is 5.91 Å². The van der Waals surface area contributed by atoms with Crippen LogP contribution in [-0.4, -0.2) is 27.7 Å². The van der Waals surface area contributed by atoms with Crippen LogP contribution in [0.4, 0.5) is 5.69 Å². The summed E-state index contributed by atoms with van der Waals surface area (Å²) in [6, 6.07) is 10.3. The average molecular weight is 405 g/mol. The van der Waals surface area contributed by atoms with E-state index in [4.69, 9.17) is 4.74 Å². The molecule has 1 amide bonds. The number of hydrogen-bond acceptors (Lipinski definition) is 4. The van der Waals surface area contributed by atoms with E-state index in [0.29, 0.717) is 0 Å². The zero-order valence-electron chi connectivity index (χ0n) is 17.2. The highest BCUT2D eigenvalue weighted by Gasteiger charge is 2.19. The van der Waals surface area contributed by atoms with Gasteiger partial charge < -0.3 is 10.1 Å². The summed E-state index contributed by atoms with van der Waals surface area (Å²) in [6.45, 7) is 8.06. The highest BCUT2D eigenvalue weighted by atomic mass is 32.2. The first kappa shape index (κ1) is 21.8. The van der Waals surface area contributed by atoms with E-state index in [2.05, 4.69) is 30.0 Å². The molecule has 0 aromatic heterocycles. The number of anilines is 1. The Morgan fingerprint density at radius 2 is 1.71 bits per heavy atom. The molecule has 1 atom stereocenters. The summed E-state index contributed by atoms with van der Waals surface area (Å²) in [5.74, 6) is 0.759. The lowest BCUT2D eigenvalue weighted by molar-refractivity contribution is 0.0940. The Morgan fingerprint density at radius 1 is 1.07 bits per heavy atom. The second kappa shape index (κ2) is 8.65. The fourth-order valence-electron chi connectivity index (χ4n) is 3.13. The number of carbonyl (C=O) groups excluding carboxylic acids is 1. The van der Waals surface area contributed by atoms with Crippen LogP contribution in [0.3, 0.4) is 0 Å². The van der Waals surface area contributed by atoms with Crippen molar-refractivity contribution in [2.75, 3.05) is 18.1 Å². The van der Waals surface area contributed by atoms with E-state index in [1.54, 1.807) is 31.4 Å². The number of rotatable bonds is 7. The monoisotopic (exact) mass is 404 g/mol. The Bertz CT molecular complexity index is 968. The molecule has 0 radical (unpaired) electrons. The highest BCUT2D eigenvalue weighted by Crippen LogP contribution is 2.32. The maximum atomic E-state index is 12.8. The Kier molecular flexibility index (Phi) is 6.72. The molecule has 0 saturated heterocycles. The van der Waals surface area contributed by atoms with Gasteiger partial charge in [-0.25, -0.2) is 8.42 Å². The van der Waals surface area contributed by atoms with Gasteiger partial charge in [0.15, 0.2) is 0 Å². The van der Waals surface area contributed by atoms with Crippen LogP contribution < -0.4 is 14.8 Å². The molecule has 2 N–H and O–H groups in total. The largest absolute Gasteiger partial charge is 0.496 e. The zero-order chi connectivity index (χ0) is 21.1. The normalized spacial score (nSPS) is 12.5. The van der Waals surface area contributed by atoms with Crippen LogP contribution >= 0.6 is 0 Å². The van der Waals surface area contributed by atoms with Crippen LogP contribution in [0.25, 0.3) is 0 Å². The van der Waals surface area contributed by atoms with Crippen LogP contribution in [-0.2, 0) is 10.0 Å². The molecule has 0 heterocycles. The molecule has 152 valence electrons. The van der Waals surface area contributed by atoms with E-state index < -0.39 is 10.0 Å². The molecular formula is C21H28N2O4S. The summed E-state index contributed by atoms with van der Waals surface area (Å²) in [6.07, 6.45) is 1.05. The van der Waals surface area contributed by atoms with Crippen LogP contribution in [0.1, 0.15) is 59.8 Å². The van der Waals surface area contributed by atoms with Gasteiger partial charge in [-0.1, -0.05) is 26.0 Å². The minimum absolute atomic E-state index is 0.254. The Balaban J connectivity index is 2.32. The number of amides is 1. The minimum atomic E-state index is -3.49. The van der Waals surface area contributed by atoms with Crippen LogP contribution in [0.5, 0.6) is 5.75 Å². The predicted molar refractivity (Wildman–Crippen MR) is 113 cm³/mol. The Labute approximate surface area is 167 Å². The third kappa shape index (κ3) is 5.25. The van der Waals surface area contributed by atoms with Crippen molar-refractivity contribution in [2.24, 2.45) is 0 Å². The molecule has 0 fully saturated rings. The SMILES string of the molecule is COc1cc(C)c(C(C)NC(=O)c2ccccc2NS(C)(=O)=O)cc1C(C)C. The van der Waals surface area contributed by atoms with E-state index in [1.165, 1.54) is 0 Å². The molecule has 0 aliphatic rings. The van der Waals surface area contributed by atoms with Gasteiger partial charge in [0.2, 0.25) is 10.0 Å². The number of sulfonamides is 1. The van der Waals surface area contributed by atoms with Crippen LogP contribution in [0.2, 0.25) is 0 Å². The number of hydrogen-bond donors (Lipinski definition) is 2. The van der Waals surface area contributed by atoms with Crippen molar-refractivity contribution in [1.29, 1.82) is 0 Å². The van der Waals surface area contributed by atoms with E-state index in [1.807, 2.05) is 19.9 Å². The lowest BCUT2D eigenvalue weighted by Gasteiger charge is -2.21. The van der Waals surface area contributed by atoms with E-state index in [0.717, 1.165) is 28.7 Å². The molecule has 2 rings (SSSR count). The lowest BCUT2D eigenvalue weighted by Crippen LogP contribution is -2.28. The standard InChI is InChI=1S/C21H28N2O4S/c1-13(2)17-12-18(14(3)11-20(17)27-5)15(4)22-21(24)16-9-7-8-10-19(16)23-28(6,25)26/h7-13,15,23H,1-6H3,(H,22,24). The first-order valence-corrected chi connectivity index (χ1v) is 11.0. The van der Waals surface area contributed by atoms with Gasteiger partial charge in [0.05, 0.1) is 30.7 Å². The molecule has 6 nitrogen and oxygen atoms in total. The summed E-state index contributed by atoms with van der Waals surface area (Å²) in [5, 5.41) is 2.97. The molecule has 0 spiro atoms. The number of benzene rings is 2. The van der Waals surface area contributed by atoms with E-state index >= 15 is 0 Å². The molecular weight excluding hydrogens is 376 g/mol. The topological polar surface area (TPSA) is 84.5 Å². The summed E-state index contributed by atoms with van der Waals surface area (Å²) < 4.78 is 31.0. The number of methoxy groups -OCH3 is 1. The van der Waals surface area contributed by atoms with Gasteiger partial charge in [-0.15, -0.1) is 0 Å². The van der Waals surface area contributed by atoms with Gasteiger partial charge in [0.1, 0.15) is 5.75 Å². The summed E-state index contributed by atoms with van der Waals surface area (Å²) >= 11 is 0. The summed E-state index contributed by atoms with van der Waals surface area (Å²) in [7, 11) is -1.84. The van der Waals surface area contributed by atoms with Crippen LogP contribution in [0, 0.1) is 6.92 Å². The van der Waals surface area contributed by atoms with Gasteiger partial charge in [-0.2, -0.15) is 0 Å². The third-order valence-electron chi connectivity index (χ3n) is 4.52. The summed E-state index contributed by atoms with van der Waals surface area (Å²) in [4.78, 5) is 12.8. The van der Waals surface area contributed by atoms with Crippen molar-refractivity contribution in [1.82, 2.24) is 5.32 Å². The molecule has 1 unspecified atom stereocenters. The molecule has 7 heteroatoms. The fraction of sp³-hybridized carbons (Fsp3) is 0.381. The number of aryl methyl sites for hydroxylation is 1. The van der Waals surface area contributed by atoms with Gasteiger partial charge in [-0.3, -0.25) is 9.52 Å². The second-order valence-electron chi connectivity index (χ2n) is 7.22. The van der Waals surface area contributed by atoms with Gasteiger partial charge in [0, 0.05) is 0 Å². The lowest BCUT2D eigenvalue weighted by atomic mass is 9.93. The van der Waals surface area contributed by atoms with Gasteiger partial charge in [-0.05, 0) is 60.7 Å². The molecule has 2 aromatic rings. The molecule has 2 aromatic carbocycles. The van der Waals surface area contributed by atoms with Crippen molar-refractivity contribution in [3.63, 3.8) is 0 Å². The quantitative estimate of drug-likeness (QED) is 0.731. The van der Waals surface area contributed by atoms with E-state index in [9.17, 15) is 13.2 Å². The second-order valence-corrected chi connectivity index (χ2v) is 8.97. The first-order valence-electron chi connectivity index (χ1n) is 9.09. The van der Waals surface area contributed by atoms with Crippen molar-refractivity contribution >= 4 is 21.6 Å². The minimum Gasteiger partial charge on any atom is -0.496 e. The number of ether oxygens (including phenoxy) is 1. The van der Waals surface area contributed by atoms with Crippen molar-refractivity contribution in [3.8, 4) is 5.75 Å². The predicted octanol–water partition coefficient (Wildman–Crippen LogP) is 3.99. The molecule has 0 saturated carbocycles.